The molecular weight excluding hydrogens is 238 g/mol. The summed E-state index contributed by atoms with van der Waals surface area (Å²) in [7, 11) is 0. The minimum absolute atomic E-state index is 0.607. The summed E-state index contributed by atoms with van der Waals surface area (Å²) >= 11 is 0. The Morgan fingerprint density at radius 1 is 1.05 bits per heavy atom. The molecule has 19 heavy (non-hydrogen) atoms. The zero-order valence-electron chi connectivity index (χ0n) is 12.4. The topological polar surface area (TPSA) is 30.5 Å². The molecule has 1 rings (SSSR count). The van der Waals surface area contributed by atoms with Crippen molar-refractivity contribution in [2.75, 3.05) is 19.8 Å². The number of hydrogen-bond acceptors (Lipinski definition) is 3. The summed E-state index contributed by atoms with van der Waals surface area (Å²) in [5.41, 5.74) is 0. The minimum atomic E-state index is 0.607. The Morgan fingerprint density at radius 2 is 1.74 bits per heavy atom. The van der Waals surface area contributed by atoms with Gasteiger partial charge in [0.1, 0.15) is 6.61 Å². The summed E-state index contributed by atoms with van der Waals surface area (Å²) in [6.45, 7) is 8.63. The maximum absolute atomic E-state index is 5.78. The van der Waals surface area contributed by atoms with Crippen LogP contribution in [0.4, 0.5) is 0 Å². The SMILES string of the molecule is CCCC(CC)NCCOc1ccccc1OCC. The van der Waals surface area contributed by atoms with Crippen LogP contribution < -0.4 is 14.8 Å². The van der Waals surface area contributed by atoms with Crippen LogP contribution in [0.1, 0.15) is 40.0 Å². The average molecular weight is 265 g/mol. The number of hydrogen-bond donors (Lipinski definition) is 1. The van der Waals surface area contributed by atoms with Crippen molar-refractivity contribution in [1.82, 2.24) is 5.32 Å². The molecule has 0 radical (unpaired) electrons. The van der Waals surface area contributed by atoms with Gasteiger partial charge >= 0.3 is 0 Å². The molecule has 0 saturated carbocycles. The van der Waals surface area contributed by atoms with Gasteiger partial charge in [0.25, 0.3) is 0 Å². The van der Waals surface area contributed by atoms with E-state index in [1.165, 1.54) is 19.3 Å². The second kappa shape index (κ2) is 9.68. The van der Waals surface area contributed by atoms with Gasteiger partial charge in [0.2, 0.25) is 0 Å². The maximum Gasteiger partial charge on any atom is 0.161 e. The third-order valence-corrected chi connectivity index (χ3v) is 3.07. The van der Waals surface area contributed by atoms with E-state index in [0.717, 1.165) is 18.0 Å². The lowest BCUT2D eigenvalue weighted by molar-refractivity contribution is 0.270. The Hall–Kier alpha value is -1.22. The third kappa shape index (κ3) is 5.97. The monoisotopic (exact) mass is 265 g/mol. The summed E-state index contributed by atoms with van der Waals surface area (Å²) in [6.07, 6.45) is 3.62. The lowest BCUT2D eigenvalue weighted by Gasteiger charge is -2.17. The largest absolute Gasteiger partial charge is 0.490 e. The van der Waals surface area contributed by atoms with Crippen molar-refractivity contribution >= 4 is 0 Å². The van der Waals surface area contributed by atoms with E-state index in [4.69, 9.17) is 9.47 Å². The van der Waals surface area contributed by atoms with Crippen molar-refractivity contribution in [2.45, 2.75) is 46.1 Å². The van der Waals surface area contributed by atoms with Crippen LogP contribution in [0.3, 0.4) is 0 Å². The van der Waals surface area contributed by atoms with E-state index in [-0.39, 0.29) is 0 Å². The molecule has 1 N–H and O–H groups in total. The standard InChI is InChI=1S/C16H27NO2/c1-4-9-14(5-2)17-12-13-19-16-11-8-7-10-15(16)18-6-3/h7-8,10-11,14,17H,4-6,9,12-13H2,1-3H3. The maximum atomic E-state index is 5.78. The lowest BCUT2D eigenvalue weighted by atomic mass is 10.1. The summed E-state index contributed by atoms with van der Waals surface area (Å²) in [5.74, 6) is 1.65. The van der Waals surface area contributed by atoms with Gasteiger partial charge in [0.15, 0.2) is 11.5 Å². The number of para-hydroxylation sites is 2. The Labute approximate surface area is 117 Å². The fraction of sp³-hybridized carbons (Fsp3) is 0.625. The van der Waals surface area contributed by atoms with Crippen LogP contribution in [0.5, 0.6) is 11.5 Å². The van der Waals surface area contributed by atoms with Gasteiger partial charge in [-0.15, -0.1) is 0 Å². The molecule has 3 nitrogen and oxygen atoms in total. The van der Waals surface area contributed by atoms with Crippen molar-refractivity contribution in [2.24, 2.45) is 0 Å². The molecule has 0 saturated heterocycles. The normalized spacial score (nSPS) is 12.2. The number of rotatable bonds is 10. The quantitative estimate of drug-likeness (QED) is 0.655. The second-order valence-electron chi connectivity index (χ2n) is 4.58. The molecule has 3 heteroatoms. The van der Waals surface area contributed by atoms with Crippen molar-refractivity contribution in [1.29, 1.82) is 0 Å². The fourth-order valence-corrected chi connectivity index (χ4v) is 2.07. The second-order valence-corrected chi connectivity index (χ2v) is 4.58. The molecule has 1 atom stereocenters. The molecule has 0 aliphatic carbocycles. The molecule has 0 amide bonds. The molecular formula is C16H27NO2. The van der Waals surface area contributed by atoms with Gasteiger partial charge in [-0.05, 0) is 31.9 Å². The Balaban J connectivity index is 2.32. The number of nitrogens with one attached hydrogen (secondary N) is 1. The van der Waals surface area contributed by atoms with E-state index in [2.05, 4.69) is 19.2 Å². The van der Waals surface area contributed by atoms with Gasteiger partial charge in [-0.1, -0.05) is 32.4 Å². The highest BCUT2D eigenvalue weighted by atomic mass is 16.5. The van der Waals surface area contributed by atoms with Crippen molar-refractivity contribution in [3.63, 3.8) is 0 Å². The Kier molecular flexibility index (Phi) is 8.07. The van der Waals surface area contributed by atoms with Gasteiger partial charge in [-0.25, -0.2) is 0 Å². The van der Waals surface area contributed by atoms with Crippen molar-refractivity contribution in [3.8, 4) is 11.5 Å². The van der Waals surface area contributed by atoms with E-state index in [1.807, 2.05) is 31.2 Å². The molecule has 0 fully saturated rings. The molecule has 0 aromatic heterocycles. The number of benzene rings is 1. The van der Waals surface area contributed by atoms with Gasteiger partial charge in [0.05, 0.1) is 6.61 Å². The molecule has 1 aromatic rings. The average Bonchev–Trinajstić information content (AvgIpc) is 2.44. The molecule has 0 bridgehead atoms. The predicted molar refractivity (Wildman–Crippen MR) is 80.1 cm³/mol. The van der Waals surface area contributed by atoms with Gasteiger partial charge < -0.3 is 14.8 Å². The van der Waals surface area contributed by atoms with Crippen LogP contribution in [0.2, 0.25) is 0 Å². The highest BCUT2D eigenvalue weighted by molar-refractivity contribution is 5.39. The Morgan fingerprint density at radius 3 is 2.32 bits per heavy atom. The van der Waals surface area contributed by atoms with Crippen LogP contribution in [0, 0.1) is 0 Å². The first-order chi connectivity index (χ1) is 9.31. The van der Waals surface area contributed by atoms with Gasteiger partial charge in [0, 0.05) is 12.6 Å². The molecule has 0 aliphatic rings. The molecule has 108 valence electrons. The summed E-state index contributed by atoms with van der Waals surface area (Å²) in [4.78, 5) is 0. The summed E-state index contributed by atoms with van der Waals surface area (Å²) in [5, 5.41) is 3.53. The highest BCUT2D eigenvalue weighted by Crippen LogP contribution is 2.26. The Bertz CT molecular complexity index is 341. The van der Waals surface area contributed by atoms with Crippen LogP contribution in [-0.4, -0.2) is 25.8 Å². The molecule has 1 unspecified atom stereocenters. The summed E-state index contributed by atoms with van der Waals surface area (Å²) < 4.78 is 11.3. The van der Waals surface area contributed by atoms with Crippen LogP contribution in [0.25, 0.3) is 0 Å². The smallest absolute Gasteiger partial charge is 0.161 e. The van der Waals surface area contributed by atoms with Crippen LogP contribution in [-0.2, 0) is 0 Å². The highest BCUT2D eigenvalue weighted by Gasteiger charge is 2.05. The first-order valence-corrected chi connectivity index (χ1v) is 7.39. The van der Waals surface area contributed by atoms with E-state index >= 15 is 0 Å². The van der Waals surface area contributed by atoms with Crippen LogP contribution in [0.15, 0.2) is 24.3 Å². The fourth-order valence-electron chi connectivity index (χ4n) is 2.07. The first kappa shape index (κ1) is 15.8. The first-order valence-electron chi connectivity index (χ1n) is 7.39. The lowest BCUT2D eigenvalue weighted by Crippen LogP contribution is -2.31. The van der Waals surface area contributed by atoms with Crippen LogP contribution >= 0.6 is 0 Å². The molecule has 0 spiro atoms. The minimum Gasteiger partial charge on any atom is -0.490 e. The van der Waals surface area contributed by atoms with Gasteiger partial charge in [-0.3, -0.25) is 0 Å². The van der Waals surface area contributed by atoms with E-state index in [1.54, 1.807) is 0 Å². The van der Waals surface area contributed by atoms with Crippen molar-refractivity contribution < 1.29 is 9.47 Å². The molecule has 1 aromatic carbocycles. The predicted octanol–water partition coefficient (Wildman–Crippen LogP) is 3.63. The third-order valence-electron chi connectivity index (χ3n) is 3.07. The molecule has 0 heterocycles. The van der Waals surface area contributed by atoms with E-state index in [0.29, 0.717) is 19.3 Å². The van der Waals surface area contributed by atoms with E-state index in [9.17, 15) is 0 Å². The zero-order chi connectivity index (χ0) is 13.9. The summed E-state index contributed by atoms with van der Waals surface area (Å²) in [6, 6.07) is 8.43. The zero-order valence-corrected chi connectivity index (χ0v) is 12.4. The van der Waals surface area contributed by atoms with E-state index < -0.39 is 0 Å². The number of ether oxygens (including phenoxy) is 2. The molecule has 0 aliphatic heterocycles. The van der Waals surface area contributed by atoms with Gasteiger partial charge in [-0.2, -0.15) is 0 Å². The van der Waals surface area contributed by atoms with Crippen molar-refractivity contribution in [3.05, 3.63) is 24.3 Å².